The lowest BCUT2D eigenvalue weighted by molar-refractivity contribution is 0.510. The van der Waals surface area contributed by atoms with Crippen LogP contribution < -0.4 is 0 Å². The van der Waals surface area contributed by atoms with Crippen LogP contribution in [0, 0.1) is 5.41 Å². The molecule has 0 aromatic heterocycles. The van der Waals surface area contributed by atoms with Crippen molar-refractivity contribution >= 4 is 0 Å². The lowest BCUT2D eigenvalue weighted by Gasteiger charge is -2.25. The Morgan fingerprint density at radius 2 is 2.00 bits per heavy atom. The first kappa shape index (κ1) is 8.32. The van der Waals surface area contributed by atoms with Gasteiger partial charge in [-0.2, -0.15) is 0 Å². The fraction of sp³-hybridized carbons (Fsp3) is 0.455. The minimum atomic E-state index is 0.252. The van der Waals surface area contributed by atoms with E-state index in [1.165, 1.54) is 11.1 Å². The summed E-state index contributed by atoms with van der Waals surface area (Å²) in [5.41, 5.74) is 2.81. The van der Waals surface area contributed by atoms with Gasteiger partial charge in [0.05, 0.1) is 0 Å². The first-order valence-corrected chi connectivity index (χ1v) is 4.08. The molecule has 1 rings (SSSR count). The Morgan fingerprint density at radius 3 is 2.36 bits per heavy atom. The maximum Gasteiger partial charge on any atom is -0.0129 e. The standard InChI is InChI=1S/C11H16/c1-9-7-5-6-8-10(9)11(2,3)4/h5,7-8H,1,6H2,2-4H3. The summed E-state index contributed by atoms with van der Waals surface area (Å²) >= 11 is 0. The first-order chi connectivity index (χ1) is 5.02. The molecule has 0 nitrogen and oxygen atoms in total. The summed E-state index contributed by atoms with van der Waals surface area (Å²) in [4.78, 5) is 0. The van der Waals surface area contributed by atoms with E-state index >= 15 is 0 Å². The minimum Gasteiger partial charge on any atom is -0.0915 e. The van der Waals surface area contributed by atoms with Crippen LogP contribution in [0.3, 0.4) is 0 Å². The second-order valence-electron chi connectivity index (χ2n) is 4.03. The highest BCUT2D eigenvalue weighted by molar-refractivity contribution is 5.43. The molecule has 0 saturated heterocycles. The van der Waals surface area contributed by atoms with Crippen molar-refractivity contribution in [2.24, 2.45) is 5.41 Å². The van der Waals surface area contributed by atoms with Crippen LogP contribution in [0.4, 0.5) is 0 Å². The molecule has 0 N–H and O–H groups in total. The summed E-state index contributed by atoms with van der Waals surface area (Å²) in [5, 5.41) is 0. The third-order valence-corrected chi connectivity index (χ3v) is 1.93. The summed E-state index contributed by atoms with van der Waals surface area (Å²) < 4.78 is 0. The number of hydrogen-bond acceptors (Lipinski definition) is 0. The predicted molar refractivity (Wildman–Crippen MR) is 50.4 cm³/mol. The summed E-state index contributed by atoms with van der Waals surface area (Å²) in [7, 11) is 0. The zero-order valence-corrected chi connectivity index (χ0v) is 7.65. The maximum absolute atomic E-state index is 4.01. The van der Waals surface area contributed by atoms with Crippen molar-refractivity contribution < 1.29 is 0 Å². The topological polar surface area (TPSA) is 0 Å². The summed E-state index contributed by atoms with van der Waals surface area (Å²) in [6.07, 6.45) is 7.59. The van der Waals surface area contributed by atoms with E-state index in [9.17, 15) is 0 Å². The van der Waals surface area contributed by atoms with Gasteiger partial charge in [-0.05, 0) is 23.0 Å². The van der Waals surface area contributed by atoms with E-state index in [4.69, 9.17) is 0 Å². The van der Waals surface area contributed by atoms with Crippen LogP contribution in [0.1, 0.15) is 27.2 Å². The van der Waals surface area contributed by atoms with Gasteiger partial charge in [0.25, 0.3) is 0 Å². The van der Waals surface area contributed by atoms with Crippen LogP contribution in [0.5, 0.6) is 0 Å². The van der Waals surface area contributed by atoms with E-state index in [2.05, 4.69) is 45.6 Å². The fourth-order valence-electron chi connectivity index (χ4n) is 1.40. The van der Waals surface area contributed by atoms with Crippen molar-refractivity contribution in [3.8, 4) is 0 Å². The molecule has 0 aromatic carbocycles. The zero-order valence-electron chi connectivity index (χ0n) is 7.65. The molecule has 1 aliphatic rings. The predicted octanol–water partition coefficient (Wildman–Crippen LogP) is 3.48. The van der Waals surface area contributed by atoms with Crippen molar-refractivity contribution in [1.82, 2.24) is 0 Å². The van der Waals surface area contributed by atoms with Gasteiger partial charge in [-0.1, -0.05) is 45.6 Å². The minimum absolute atomic E-state index is 0.252. The van der Waals surface area contributed by atoms with Gasteiger partial charge in [0.2, 0.25) is 0 Å². The molecule has 0 unspecified atom stereocenters. The molecule has 0 bridgehead atoms. The second-order valence-corrected chi connectivity index (χ2v) is 4.03. The summed E-state index contributed by atoms with van der Waals surface area (Å²) in [6.45, 7) is 10.7. The number of allylic oxidation sites excluding steroid dienone is 5. The third-order valence-electron chi connectivity index (χ3n) is 1.93. The average molecular weight is 148 g/mol. The van der Waals surface area contributed by atoms with Crippen molar-refractivity contribution in [3.63, 3.8) is 0 Å². The average Bonchev–Trinajstić information content (AvgIpc) is 1.86. The molecular formula is C11H16. The van der Waals surface area contributed by atoms with Crippen LogP contribution in [0.15, 0.2) is 36.0 Å². The fourth-order valence-corrected chi connectivity index (χ4v) is 1.40. The molecule has 1 aliphatic carbocycles. The van der Waals surface area contributed by atoms with Crippen LogP contribution in [0.25, 0.3) is 0 Å². The highest BCUT2D eigenvalue weighted by atomic mass is 14.2. The molecular weight excluding hydrogens is 132 g/mol. The normalized spacial score (nSPS) is 18.5. The molecule has 0 heterocycles. The first-order valence-electron chi connectivity index (χ1n) is 4.08. The van der Waals surface area contributed by atoms with Gasteiger partial charge >= 0.3 is 0 Å². The molecule has 60 valence electrons. The molecule has 0 fully saturated rings. The highest BCUT2D eigenvalue weighted by Gasteiger charge is 2.18. The molecule has 11 heavy (non-hydrogen) atoms. The van der Waals surface area contributed by atoms with Crippen LogP contribution in [-0.4, -0.2) is 0 Å². The third kappa shape index (κ3) is 1.83. The van der Waals surface area contributed by atoms with Gasteiger partial charge in [-0.3, -0.25) is 0 Å². The quantitative estimate of drug-likeness (QED) is 0.493. The van der Waals surface area contributed by atoms with Gasteiger partial charge in [0, 0.05) is 0 Å². The Kier molecular flexibility index (Phi) is 2.03. The highest BCUT2D eigenvalue weighted by Crippen LogP contribution is 2.33. The van der Waals surface area contributed by atoms with E-state index in [-0.39, 0.29) is 5.41 Å². The monoisotopic (exact) mass is 148 g/mol. The lowest BCUT2D eigenvalue weighted by atomic mass is 9.80. The van der Waals surface area contributed by atoms with Crippen LogP contribution in [-0.2, 0) is 0 Å². The maximum atomic E-state index is 4.01. The number of hydrogen-bond donors (Lipinski definition) is 0. The Morgan fingerprint density at radius 1 is 1.36 bits per heavy atom. The van der Waals surface area contributed by atoms with E-state index < -0.39 is 0 Å². The van der Waals surface area contributed by atoms with E-state index in [0.29, 0.717) is 0 Å². The van der Waals surface area contributed by atoms with Gasteiger partial charge in [-0.15, -0.1) is 0 Å². The smallest absolute Gasteiger partial charge is 0.0129 e. The SMILES string of the molecule is C=C1C=CCC=C1C(C)(C)C. The van der Waals surface area contributed by atoms with Crippen LogP contribution >= 0.6 is 0 Å². The Labute approximate surface area is 69.3 Å². The van der Waals surface area contributed by atoms with Crippen LogP contribution in [0.2, 0.25) is 0 Å². The van der Waals surface area contributed by atoms with Crippen molar-refractivity contribution in [2.75, 3.05) is 0 Å². The van der Waals surface area contributed by atoms with Gasteiger partial charge in [0.15, 0.2) is 0 Å². The molecule has 0 atom stereocenters. The van der Waals surface area contributed by atoms with E-state index in [1.54, 1.807) is 0 Å². The largest absolute Gasteiger partial charge is 0.0915 e. The van der Waals surface area contributed by atoms with Crippen molar-refractivity contribution in [1.29, 1.82) is 0 Å². The molecule has 0 radical (unpaired) electrons. The molecule has 0 amide bonds. The molecule has 0 spiro atoms. The van der Waals surface area contributed by atoms with E-state index in [1.807, 2.05) is 0 Å². The molecule has 0 aliphatic heterocycles. The second kappa shape index (κ2) is 2.69. The Bertz CT molecular complexity index is 221. The van der Waals surface area contributed by atoms with Crippen molar-refractivity contribution in [3.05, 3.63) is 36.0 Å². The molecule has 0 heteroatoms. The van der Waals surface area contributed by atoms with Crippen molar-refractivity contribution in [2.45, 2.75) is 27.2 Å². The van der Waals surface area contributed by atoms with Gasteiger partial charge in [-0.25, -0.2) is 0 Å². The van der Waals surface area contributed by atoms with Gasteiger partial charge < -0.3 is 0 Å². The Balaban J connectivity index is 2.89. The Hall–Kier alpha value is -0.780. The number of rotatable bonds is 0. The lowest BCUT2D eigenvalue weighted by Crippen LogP contribution is -2.11. The zero-order chi connectivity index (χ0) is 8.48. The summed E-state index contributed by atoms with van der Waals surface area (Å²) in [6, 6.07) is 0. The molecule has 0 aromatic rings. The van der Waals surface area contributed by atoms with Gasteiger partial charge in [0.1, 0.15) is 0 Å². The summed E-state index contributed by atoms with van der Waals surface area (Å²) in [5.74, 6) is 0. The molecule has 0 saturated carbocycles. The van der Waals surface area contributed by atoms with E-state index in [0.717, 1.165) is 6.42 Å².